The zero-order valence-electron chi connectivity index (χ0n) is 16.5. The Balaban J connectivity index is 0.00000625. The molecule has 1 aromatic carbocycles. The first-order chi connectivity index (χ1) is 11.9. The maximum absolute atomic E-state index is 11.8. The highest BCUT2D eigenvalue weighted by molar-refractivity contribution is 14.0. The van der Waals surface area contributed by atoms with Crippen LogP contribution in [0.1, 0.15) is 33.3 Å². The topological polar surface area (TPSA) is 74.8 Å². The summed E-state index contributed by atoms with van der Waals surface area (Å²) in [6.07, 6.45) is 0.807. The summed E-state index contributed by atoms with van der Waals surface area (Å²) >= 11 is 0. The van der Waals surface area contributed by atoms with E-state index in [9.17, 15) is 4.79 Å². The van der Waals surface area contributed by atoms with Crippen molar-refractivity contribution in [2.24, 2.45) is 10.4 Å². The number of carbonyl (C=O) groups excluding carboxylic acids is 1. The van der Waals surface area contributed by atoms with Gasteiger partial charge in [0.05, 0.1) is 7.11 Å². The standard InChI is InChI=1S/C19H32N4O2.HI/c1-6-20-18(23-14-13-21-17(24)19(2,3)4)22-12-11-15-9-7-8-10-16(15)25-5;/h7-10H,6,11-14H2,1-5H3,(H,21,24)(H2,20,22,23);1H. The molecule has 0 spiro atoms. The second-order valence-corrected chi connectivity index (χ2v) is 6.76. The smallest absolute Gasteiger partial charge is 0.225 e. The van der Waals surface area contributed by atoms with Crippen LogP contribution in [0, 0.1) is 5.41 Å². The number of para-hydroxylation sites is 1. The number of benzene rings is 1. The Morgan fingerprint density at radius 2 is 1.77 bits per heavy atom. The van der Waals surface area contributed by atoms with E-state index in [1.807, 2.05) is 45.9 Å². The predicted octanol–water partition coefficient (Wildman–Crippen LogP) is 2.57. The fourth-order valence-corrected chi connectivity index (χ4v) is 2.16. The number of ether oxygens (including phenoxy) is 1. The Morgan fingerprint density at radius 1 is 1.12 bits per heavy atom. The summed E-state index contributed by atoms with van der Waals surface area (Å²) in [5.74, 6) is 1.69. The molecule has 0 aliphatic heterocycles. The molecule has 0 unspecified atom stereocenters. The Kier molecular flexibility index (Phi) is 12.0. The molecule has 148 valence electrons. The van der Waals surface area contributed by atoms with Gasteiger partial charge in [-0.1, -0.05) is 39.0 Å². The van der Waals surface area contributed by atoms with Gasteiger partial charge in [0.15, 0.2) is 5.96 Å². The Morgan fingerprint density at radius 3 is 2.38 bits per heavy atom. The lowest BCUT2D eigenvalue weighted by molar-refractivity contribution is -0.128. The van der Waals surface area contributed by atoms with Crippen LogP contribution < -0.4 is 20.7 Å². The van der Waals surface area contributed by atoms with Crippen molar-refractivity contribution in [3.05, 3.63) is 29.8 Å². The van der Waals surface area contributed by atoms with E-state index in [0.717, 1.165) is 30.2 Å². The fraction of sp³-hybridized carbons (Fsp3) is 0.579. The van der Waals surface area contributed by atoms with Crippen molar-refractivity contribution in [3.8, 4) is 5.75 Å². The van der Waals surface area contributed by atoms with E-state index in [2.05, 4.69) is 27.0 Å². The van der Waals surface area contributed by atoms with Gasteiger partial charge >= 0.3 is 0 Å². The van der Waals surface area contributed by atoms with Crippen LogP contribution in [0.15, 0.2) is 29.3 Å². The first-order valence-corrected chi connectivity index (χ1v) is 8.81. The molecular weight excluding hydrogens is 443 g/mol. The molecule has 0 aliphatic rings. The number of methoxy groups -OCH3 is 1. The zero-order valence-corrected chi connectivity index (χ0v) is 18.8. The number of guanidine groups is 1. The van der Waals surface area contributed by atoms with E-state index in [0.29, 0.717) is 19.6 Å². The quantitative estimate of drug-likeness (QED) is 0.234. The average Bonchev–Trinajstić information content (AvgIpc) is 2.57. The number of hydrogen-bond donors (Lipinski definition) is 3. The highest BCUT2D eigenvalue weighted by Crippen LogP contribution is 2.17. The van der Waals surface area contributed by atoms with Crippen LogP contribution >= 0.6 is 24.0 Å². The molecule has 0 aromatic heterocycles. The van der Waals surface area contributed by atoms with Gasteiger partial charge in [-0.05, 0) is 25.0 Å². The summed E-state index contributed by atoms with van der Waals surface area (Å²) < 4.78 is 5.36. The zero-order chi connectivity index (χ0) is 18.7. The Bertz CT molecular complexity index is 571. The minimum Gasteiger partial charge on any atom is -0.496 e. The van der Waals surface area contributed by atoms with Crippen molar-refractivity contribution in [1.82, 2.24) is 16.0 Å². The number of amides is 1. The van der Waals surface area contributed by atoms with Gasteiger partial charge in [-0.25, -0.2) is 0 Å². The molecule has 0 bridgehead atoms. The molecule has 0 saturated heterocycles. The summed E-state index contributed by atoms with van der Waals surface area (Å²) in [7, 11) is 1.68. The molecule has 0 aliphatic carbocycles. The van der Waals surface area contributed by atoms with E-state index in [4.69, 9.17) is 4.74 Å². The second kappa shape index (κ2) is 12.8. The number of carbonyl (C=O) groups is 1. The van der Waals surface area contributed by atoms with Crippen molar-refractivity contribution >= 4 is 35.8 Å². The lowest BCUT2D eigenvalue weighted by atomic mass is 9.96. The molecule has 26 heavy (non-hydrogen) atoms. The number of nitrogens with zero attached hydrogens (tertiary/aromatic N) is 1. The van der Waals surface area contributed by atoms with Crippen LogP contribution in [0.3, 0.4) is 0 Å². The van der Waals surface area contributed by atoms with Crippen LogP contribution in [0.4, 0.5) is 0 Å². The second-order valence-electron chi connectivity index (χ2n) is 6.76. The Labute approximate surface area is 174 Å². The summed E-state index contributed by atoms with van der Waals surface area (Å²) in [5.41, 5.74) is 0.773. The molecule has 6 nitrogen and oxygen atoms in total. The number of hydrogen-bond acceptors (Lipinski definition) is 3. The number of nitrogens with one attached hydrogen (secondary N) is 3. The number of halogens is 1. The first kappa shape index (κ1) is 24.5. The highest BCUT2D eigenvalue weighted by Gasteiger charge is 2.20. The summed E-state index contributed by atoms with van der Waals surface area (Å²) in [4.78, 5) is 16.4. The molecule has 1 aromatic rings. The van der Waals surface area contributed by atoms with Gasteiger partial charge in [-0.15, -0.1) is 24.0 Å². The lowest BCUT2D eigenvalue weighted by Gasteiger charge is -2.18. The van der Waals surface area contributed by atoms with Gasteiger partial charge in [-0.2, -0.15) is 0 Å². The van der Waals surface area contributed by atoms with Crippen molar-refractivity contribution in [3.63, 3.8) is 0 Å². The fourth-order valence-electron chi connectivity index (χ4n) is 2.16. The normalized spacial score (nSPS) is 11.3. The average molecular weight is 476 g/mol. The van der Waals surface area contributed by atoms with Crippen molar-refractivity contribution in [2.75, 3.05) is 33.3 Å². The molecular formula is C19H33IN4O2. The first-order valence-electron chi connectivity index (χ1n) is 8.81. The maximum atomic E-state index is 11.8. The maximum Gasteiger partial charge on any atom is 0.225 e. The molecule has 3 N–H and O–H groups in total. The molecule has 0 heterocycles. The minimum atomic E-state index is -0.368. The van der Waals surface area contributed by atoms with Gasteiger partial charge in [0.25, 0.3) is 0 Å². The van der Waals surface area contributed by atoms with Gasteiger partial charge in [0.2, 0.25) is 5.91 Å². The van der Waals surface area contributed by atoms with E-state index < -0.39 is 0 Å². The minimum absolute atomic E-state index is 0. The third-order valence-electron chi connectivity index (χ3n) is 3.57. The summed E-state index contributed by atoms with van der Waals surface area (Å²) in [6, 6.07) is 7.98. The third kappa shape index (κ3) is 9.26. The van der Waals surface area contributed by atoms with Crippen molar-refractivity contribution in [2.45, 2.75) is 34.1 Å². The largest absolute Gasteiger partial charge is 0.496 e. The van der Waals surface area contributed by atoms with Crippen LogP contribution in [0.2, 0.25) is 0 Å². The van der Waals surface area contributed by atoms with Crippen molar-refractivity contribution in [1.29, 1.82) is 0 Å². The van der Waals surface area contributed by atoms with E-state index in [1.54, 1.807) is 7.11 Å². The van der Waals surface area contributed by atoms with Gasteiger partial charge < -0.3 is 20.7 Å². The van der Waals surface area contributed by atoms with E-state index >= 15 is 0 Å². The van der Waals surface area contributed by atoms with Gasteiger partial charge in [0, 0.05) is 31.6 Å². The Hall–Kier alpha value is -1.51. The molecule has 0 saturated carbocycles. The van der Waals surface area contributed by atoms with E-state index in [1.165, 1.54) is 0 Å². The molecule has 0 fully saturated rings. The molecule has 0 radical (unpaired) electrons. The predicted molar refractivity (Wildman–Crippen MR) is 119 cm³/mol. The van der Waals surface area contributed by atoms with E-state index in [-0.39, 0.29) is 35.3 Å². The highest BCUT2D eigenvalue weighted by atomic mass is 127. The lowest BCUT2D eigenvalue weighted by Crippen LogP contribution is -2.43. The molecule has 1 amide bonds. The van der Waals surface area contributed by atoms with Gasteiger partial charge in [-0.3, -0.25) is 9.79 Å². The summed E-state index contributed by atoms with van der Waals surface area (Å²) in [6.45, 7) is 10.4. The van der Waals surface area contributed by atoms with Crippen LogP contribution in [-0.4, -0.2) is 45.2 Å². The van der Waals surface area contributed by atoms with Gasteiger partial charge in [0.1, 0.15) is 5.75 Å². The monoisotopic (exact) mass is 476 g/mol. The number of aliphatic imine (C=N–C) groups is 1. The summed E-state index contributed by atoms with van der Waals surface area (Å²) in [5, 5.41) is 9.36. The molecule has 7 heteroatoms. The molecule has 0 atom stereocenters. The SMILES string of the molecule is CCNC(=NCCc1ccccc1OC)NCCNC(=O)C(C)(C)C.I. The molecule has 1 rings (SSSR count). The van der Waals surface area contributed by atoms with Crippen LogP contribution in [0.25, 0.3) is 0 Å². The van der Waals surface area contributed by atoms with Crippen LogP contribution in [0.5, 0.6) is 5.75 Å². The van der Waals surface area contributed by atoms with Crippen LogP contribution in [-0.2, 0) is 11.2 Å². The van der Waals surface area contributed by atoms with Crippen molar-refractivity contribution < 1.29 is 9.53 Å². The number of rotatable bonds is 8. The third-order valence-corrected chi connectivity index (χ3v) is 3.57.